The van der Waals surface area contributed by atoms with E-state index >= 15 is 0 Å². The molecule has 0 aromatic carbocycles. The van der Waals surface area contributed by atoms with Crippen molar-refractivity contribution in [2.45, 2.75) is 18.9 Å². The van der Waals surface area contributed by atoms with Crippen molar-refractivity contribution < 1.29 is 13.6 Å². The van der Waals surface area contributed by atoms with Crippen molar-refractivity contribution >= 4 is 17.5 Å². The molecule has 1 aliphatic heterocycles. The summed E-state index contributed by atoms with van der Waals surface area (Å²) >= 11 is 0. The SMILES string of the molecule is CNC(=O)C1CCCN1c1nc(NC)c(F)cc1F. The molecule has 2 heterocycles. The van der Waals surface area contributed by atoms with E-state index in [1.165, 1.54) is 14.1 Å². The number of hydrogen-bond donors (Lipinski definition) is 2. The van der Waals surface area contributed by atoms with Crippen molar-refractivity contribution in [3.8, 4) is 0 Å². The van der Waals surface area contributed by atoms with Gasteiger partial charge in [-0.1, -0.05) is 0 Å². The van der Waals surface area contributed by atoms with Crippen LogP contribution in [0.4, 0.5) is 20.4 Å². The Labute approximate surface area is 110 Å². The van der Waals surface area contributed by atoms with Crippen molar-refractivity contribution in [2.75, 3.05) is 30.9 Å². The average molecular weight is 270 g/mol. The normalized spacial score (nSPS) is 18.5. The lowest BCUT2D eigenvalue weighted by atomic mass is 10.2. The van der Waals surface area contributed by atoms with Gasteiger partial charge in [0.15, 0.2) is 23.3 Å². The second-order valence-electron chi connectivity index (χ2n) is 4.34. The number of anilines is 2. The van der Waals surface area contributed by atoms with E-state index < -0.39 is 17.7 Å². The molecule has 19 heavy (non-hydrogen) atoms. The quantitative estimate of drug-likeness (QED) is 0.864. The van der Waals surface area contributed by atoms with E-state index in [-0.39, 0.29) is 17.5 Å². The highest BCUT2D eigenvalue weighted by molar-refractivity contribution is 5.85. The number of rotatable bonds is 3. The molecule has 0 aliphatic carbocycles. The molecule has 0 radical (unpaired) electrons. The number of aromatic nitrogens is 1. The monoisotopic (exact) mass is 270 g/mol. The summed E-state index contributed by atoms with van der Waals surface area (Å²) in [6, 6.07) is 0.329. The van der Waals surface area contributed by atoms with Gasteiger partial charge in [-0.3, -0.25) is 4.79 Å². The first kappa shape index (κ1) is 13.5. The van der Waals surface area contributed by atoms with Crippen LogP contribution in [0.1, 0.15) is 12.8 Å². The Morgan fingerprint density at radius 2 is 2.16 bits per heavy atom. The van der Waals surface area contributed by atoms with Crippen molar-refractivity contribution in [1.29, 1.82) is 0 Å². The fourth-order valence-electron chi connectivity index (χ4n) is 2.29. The van der Waals surface area contributed by atoms with Crippen molar-refractivity contribution in [1.82, 2.24) is 10.3 Å². The number of pyridine rings is 1. The highest BCUT2D eigenvalue weighted by atomic mass is 19.1. The standard InChI is InChI=1S/C12H16F2N4O/c1-15-10-7(13)6-8(14)11(17-10)18-5-3-4-9(18)12(19)16-2/h6,9H,3-5H2,1-2H3,(H,15,17)(H,16,19). The molecule has 0 saturated carbocycles. The topological polar surface area (TPSA) is 57.3 Å². The molecule has 2 rings (SSSR count). The number of hydrogen-bond acceptors (Lipinski definition) is 4. The molecular weight excluding hydrogens is 254 g/mol. The zero-order chi connectivity index (χ0) is 14.0. The third kappa shape index (κ3) is 2.45. The number of likely N-dealkylation sites (N-methyl/N-ethyl adjacent to an activating group) is 1. The lowest BCUT2D eigenvalue weighted by molar-refractivity contribution is -0.121. The van der Waals surface area contributed by atoms with Gasteiger partial charge in [0.25, 0.3) is 0 Å². The Morgan fingerprint density at radius 3 is 2.79 bits per heavy atom. The van der Waals surface area contributed by atoms with Crippen LogP contribution in [0.3, 0.4) is 0 Å². The molecule has 1 aromatic heterocycles. The molecule has 7 heteroatoms. The number of carbonyl (C=O) groups excluding carboxylic acids is 1. The zero-order valence-corrected chi connectivity index (χ0v) is 10.8. The van der Waals surface area contributed by atoms with Crippen LogP contribution in [0.5, 0.6) is 0 Å². The van der Waals surface area contributed by atoms with E-state index in [4.69, 9.17) is 0 Å². The molecule has 1 fully saturated rings. The van der Waals surface area contributed by atoms with E-state index in [0.29, 0.717) is 13.0 Å². The van der Waals surface area contributed by atoms with E-state index in [1.807, 2.05) is 0 Å². The first-order chi connectivity index (χ1) is 9.08. The van der Waals surface area contributed by atoms with Crippen molar-refractivity contribution in [2.24, 2.45) is 0 Å². The Morgan fingerprint density at radius 1 is 1.42 bits per heavy atom. The molecule has 1 unspecified atom stereocenters. The number of nitrogens with zero attached hydrogens (tertiary/aromatic N) is 2. The molecule has 0 bridgehead atoms. The molecular formula is C12H16F2N4O. The second kappa shape index (κ2) is 5.38. The van der Waals surface area contributed by atoms with Crippen LogP contribution in [0.25, 0.3) is 0 Å². The smallest absolute Gasteiger partial charge is 0.242 e. The van der Waals surface area contributed by atoms with E-state index in [2.05, 4.69) is 15.6 Å². The molecule has 1 aromatic rings. The number of nitrogens with one attached hydrogen (secondary N) is 2. The molecule has 1 amide bonds. The minimum atomic E-state index is -0.757. The van der Waals surface area contributed by atoms with Crippen LogP contribution in [0.2, 0.25) is 0 Å². The summed E-state index contributed by atoms with van der Waals surface area (Å²) in [6.45, 7) is 0.525. The predicted molar refractivity (Wildman–Crippen MR) is 68.1 cm³/mol. The van der Waals surface area contributed by atoms with Crippen LogP contribution in [0, 0.1) is 11.6 Å². The molecule has 1 saturated heterocycles. The highest BCUT2D eigenvalue weighted by Crippen LogP contribution is 2.28. The predicted octanol–water partition coefficient (Wildman–Crippen LogP) is 1.12. The Kier molecular flexibility index (Phi) is 3.82. The minimum absolute atomic E-state index is 0.0110. The van der Waals surface area contributed by atoms with Gasteiger partial charge in [-0.15, -0.1) is 0 Å². The van der Waals surface area contributed by atoms with Gasteiger partial charge in [0.2, 0.25) is 5.91 Å². The summed E-state index contributed by atoms with van der Waals surface area (Å²) < 4.78 is 27.2. The number of halogens is 2. The van der Waals surface area contributed by atoms with Crippen LogP contribution >= 0.6 is 0 Å². The molecule has 0 spiro atoms. The van der Waals surface area contributed by atoms with Gasteiger partial charge in [-0.2, -0.15) is 0 Å². The minimum Gasteiger partial charge on any atom is -0.371 e. The third-order valence-corrected chi connectivity index (χ3v) is 3.22. The van der Waals surface area contributed by atoms with E-state index in [0.717, 1.165) is 12.5 Å². The van der Waals surface area contributed by atoms with Gasteiger partial charge in [0, 0.05) is 26.7 Å². The zero-order valence-electron chi connectivity index (χ0n) is 10.8. The first-order valence-corrected chi connectivity index (χ1v) is 6.10. The van der Waals surface area contributed by atoms with E-state index in [1.54, 1.807) is 4.90 Å². The lowest BCUT2D eigenvalue weighted by Gasteiger charge is -2.25. The van der Waals surface area contributed by atoms with Gasteiger partial charge in [0.1, 0.15) is 6.04 Å². The largest absolute Gasteiger partial charge is 0.371 e. The number of amides is 1. The average Bonchev–Trinajstić information content (AvgIpc) is 2.87. The first-order valence-electron chi connectivity index (χ1n) is 6.10. The summed E-state index contributed by atoms with van der Waals surface area (Å²) in [4.78, 5) is 17.2. The Bertz CT molecular complexity index is 495. The van der Waals surface area contributed by atoms with Crippen LogP contribution < -0.4 is 15.5 Å². The summed E-state index contributed by atoms with van der Waals surface area (Å²) in [5.41, 5.74) is 0. The second-order valence-corrected chi connectivity index (χ2v) is 4.34. The highest BCUT2D eigenvalue weighted by Gasteiger charge is 2.33. The van der Waals surface area contributed by atoms with Crippen LogP contribution in [-0.4, -0.2) is 37.6 Å². The molecule has 1 atom stereocenters. The molecule has 5 nitrogen and oxygen atoms in total. The summed E-state index contributed by atoms with van der Waals surface area (Å²) in [5, 5.41) is 5.11. The summed E-state index contributed by atoms with van der Waals surface area (Å²) in [7, 11) is 3.04. The number of carbonyl (C=O) groups is 1. The van der Waals surface area contributed by atoms with Crippen LogP contribution in [-0.2, 0) is 4.79 Å². The molecule has 104 valence electrons. The molecule has 2 N–H and O–H groups in total. The van der Waals surface area contributed by atoms with Gasteiger partial charge in [-0.25, -0.2) is 13.8 Å². The summed E-state index contributed by atoms with van der Waals surface area (Å²) in [5.74, 6) is -1.71. The van der Waals surface area contributed by atoms with Crippen molar-refractivity contribution in [3.63, 3.8) is 0 Å². The summed E-state index contributed by atoms with van der Waals surface area (Å²) in [6.07, 6.45) is 1.40. The lowest BCUT2D eigenvalue weighted by Crippen LogP contribution is -2.42. The maximum absolute atomic E-state index is 13.9. The Hall–Kier alpha value is -1.92. The van der Waals surface area contributed by atoms with Crippen molar-refractivity contribution in [3.05, 3.63) is 17.7 Å². The van der Waals surface area contributed by atoms with Gasteiger partial charge >= 0.3 is 0 Å². The fourth-order valence-corrected chi connectivity index (χ4v) is 2.29. The van der Waals surface area contributed by atoms with Crippen LogP contribution in [0.15, 0.2) is 6.07 Å². The fraction of sp³-hybridized carbons (Fsp3) is 0.500. The van der Waals surface area contributed by atoms with Gasteiger partial charge in [0.05, 0.1) is 0 Å². The Balaban J connectivity index is 2.37. The maximum atomic E-state index is 13.9. The molecule has 1 aliphatic rings. The van der Waals surface area contributed by atoms with Gasteiger partial charge < -0.3 is 15.5 Å². The van der Waals surface area contributed by atoms with E-state index in [9.17, 15) is 13.6 Å². The van der Waals surface area contributed by atoms with Gasteiger partial charge in [-0.05, 0) is 12.8 Å². The third-order valence-electron chi connectivity index (χ3n) is 3.22. The maximum Gasteiger partial charge on any atom is 0.242 e.